The van der Waals surface area contributed by atoms with Gasteiger partial charge in [0, 0.05) is 31.7 Å². The van der Waals surface area contributed by atoms with Crippen molar-refractivity contribution in [3.63, 3.8) is 0 Å². The van der Waals surface area contributed by atoms with Crippen LogP contribution in [-0.2, 0) is 15.9 Å². The summed E-state index contributed by atoms with van der Waals surface area (Å²) in [6.07, 6.45) is 0. The van der Waals surface area contributed by atoms with Crippen LogP contribution >= 0.6 is 11.6 Å². The van der Waals surface area contributed by atoms with Gasteiger partial charge in [0.1, 0.15) is 16.4 Å². The Bertz CT molecular complexity index is 555. The van der Waals surface area contributed by atoms with Crippen molar-refractivity contribution >= 4 is 21.6 Å². The fraction of sp³-hybridized carbons (Fsp3) is 0.667. The fourth-order valence-corrected chi connectivity index (χ4v) is 4.05. The smallest absolute Gasteiger partial charge is 0.246 e. The quantitative estimate of drug-likeness (QED) is 0.797. The molecule has 0 radical (unpaired) electrons. The van der Waals surface area contributed by atoms with Crippen molar-refractivity contribution in [3.8, 4) is 0 Å². The number of sulfonamides is 1. The Morgan fingerprint density at radius 1 is 1.47 bits per heavy atom. The molecule has 0 aliphatic carbocycles. The van der Waals surface area contributed by atoms with Gasteiger partial charge in [-0.3, -0.25) is 0 Å². The van der Waals surface area contributed by atoms with E-state index >= 15 is 0 Å². The van der Waals surface area contributed by atoms with E-state index < -0.39 is 10.0 Å². The van der Waals surface area contributed by atoms with Crippen LogP contribution in [0.15, 0.2) is 15.4 Å². The molecule has 1 saturated heterocycles. The van der Waals surface area contributed by atoms with Crippen LogP contribution in [0.3, 0.4) is 0 Å². The molecule has 0 aromatic carbocycles. The lowest BCUT2D eigenvalue weighted by molar-refractivity contribution is 0.159. The second-order valence-electron chi connectivity index (χ2n) is 4.96. The van der Waals surface area contributed by atoms with E-state index in [0.717, 1.165) is 6.54 Å². The zero-order valence-electron chi connectivity index (χ0n) is 11.4. The molecule has 7 heteroatoms. The second-order valence-corrected chi connectivity index (χ2v) is 7.13. The predicted molar refractivity (Wildman–Crippen MR) is 73.9 cm³/mol. The molecule has 0 saturated carbocycles. The van der Waals surface area contributed by atoms with Gasteiger partial charge in [0.15, 0.2) is 0 Å². The van der Waals surface area contributed by atoms with Gasteiger partial charge in [-0.05, 0) is 20.9 Å². The molecule has 19 heavy (non-hydrogen) atoms. The molecule has 0 N–H and O–H groups in total. The second kappa shape index (κ2) is 5.44. The van der Waals surface area contributed by atoms with E-state index in [1.54, 1.807) is 6.92 Å². The zero-order valence-corrected chi connectivity index (χ0v) is 13.0. The first-order valence-electron chi connectivity index (χ1n) is 6.22. The number of nitrogens with zero attached hydrogens (tertiary/aromatic N) is 2. The largest absolute Gasteiger partial charge is 0.464 e. The Hall–Kier alpha value is -0.560. The minimum Gasteiger partial charge on any atom is -0.464 e. The lowest BCUT2D eigenvalue weighted by atomic mass is 10.2. The summed E-state index contributed by atoms with van der Waals surface area (Å²) >= 11 is 5.68. The van der Waals surface area contributed by atoms with Gasteiger partial charge in [0.05, 0.1) is 5.88 Å². The predicted octanol–water partition coefficient (Wildman–Crippen LogP) is 1.65. The third-order valence-electron chi connectivity index (χ3n) is 3.60. The first kappa shape index (κ1) is 14.8. The van der Waals surface area contributed by atoms with Gasteiger partial charge in [-0.2, -0.15) is 4.31 Å². The number of hydrogen-bond donors (Lipinski definition) is 0. The highest BCUT2D eigenvalue weighted by Gasteiger charge is 2.33. The monoisotopic (exact) mass is 306 g/mol. The molecule has 0 spiro atoms. The van der Waals surface area contributed by atoms with Crippen molar-refractivity contribution in [2.75, 3.05) is 26.7 Å². The van der Waals surface area contributed by atoms with Crippen molar-refractivity contribution in [2.45, 2.75) is 30.7 Å². The molecule has 2 heterocycles. The molecule has 0 bridgehead atoms. The van der Waals surface area contributed by atoms with Crippen LogP contribution in [0.25, 0.3) is 0 Å². The molecular formula is C12H19ClN2O3S. The lowest BCUT2D eigenvalue weighted by Gasteiger charge is -2.36. The van der Waals surface area contributed by atoms with Crippen LogP contribution in [-0.4, -0.2) is 50.3 Å². The molecule has 1 atom stereocenters. The van der Waals surface area contributed by atoms with Crippen LogP contribution in [0.4, 0.5) is 0 Å². The van der Waals surface area contributed by atoms with Gasteiger partial charge in [-0.15, -0.1) is 11.6 Å². The summed E-state index contributed by atoms with van der Waals surface area (Å²) < 4.78 is 32.0. The Morgan fingerprint density at radius 2 is 2.16 bits per heavy atom. The number of rotatable bonds is 3. The SMILES string of the molecule is Cc1oc(CCl)cc1S(=O)(=O)N1CCN(C)C(C)C1. The van der Waals surface area contributed by atoms with Crippen molar-refractivity contribution in [1.29, 1.82) is 0 Å². The number of alkyl halides is 1. The molecule has 1 aliphatic heterocycles. The first-order chi connectivity index (χ1) is 8.86. The summed E-state index contributed by atoms with van der Waals surface area (Å²) in [7, 11) is -1.48. The molecule has 1 aliphatic rings. The number of aryl methyl sites for hydroxylation is 1. The Labute approximate surface area is 119 Å². The Balaban J connectivity index is 2.29. The minimum absolute atomic E-state index is 0.176. The molecule has 1 aromatic rings. The van der Waals surface area contributed by atoms with E-state index in [2.05, 4.69) is 4.90 Å². The number of hydrogen-bond acceptors (Lipinski definition) is 4. The summed E-state index contributed by atoms with van der Waals surface area (Å²) in [6.45, 7) is 5.42. The van der Waals surface area contributed by atoms with Crippen LogP contribution in [0.5, 0.6) is 0 Å². The molecular weight excluding hydrogens is 288 g/mol. The number of furan rings is 1. The maximum absolute atomic E-state index is 12.6. The van der Waals surface area contributed by atoms with Crippen LogP contribution in [0, 0.1) is 6.92 Å². The Kier molecular flexibility index (Phi) is 4.25. The standard InChI is InChI=1S/C12H19ClN2O3S/c1-9-8-15(5-4-14(9)3)19(16,17)12-6-11(7-13)18-10(12)2/h6,9H,4-5,7-8H2,1-3H3. The van der Waals surface area contributed by atoms with Gasteiger partial charge in [-0.1, -0.05) is 0 Å². The highest BCUT2D eigenvalue weighted by molar-refractivity contribution is 7.89. The van der Waals surface area contributed by atoms with Crippen molar-refractivity contribution in [3.05, 3.63) is 17.6 Å². The highest BCUT2D eigenvalue weighted by Crippen LogP contribution is 2.26. The van der Waals surface area contributed by atoms with E-state index in [-0.39, 0.29) is 16.8 Å². The molecule has 1 aromatic heterocycles. The summed E-state index contributed by atoms with van der Waals surface area (Å²) in [4.78, 5) is 2.39. The Morgan fingerprint density at radius 3 is 2.68 bits per heavy atom. The normalized spacial score (nSPS) is 22.8. The van der Waals surface area contributed by atoms with E-state index in [1.165, 1.54) is 10.4 Å². The first-order valence-corrected chi connectivity index (χ1v) is 8.19. The molecule has 5 nitrogen and oxygen atoms in total. The number of likely N-dealkylation sites (N-methyl/N-ethyl adjacent to an activating group) is 1. The van der Waals surface area contributed by atoms with E-state index in [9.17, 15) is 8.42 Å². The maximum Gasteiger partial charge on any atom is 0.246 e. The van der Waals surface area contributed by atoms with Gasteiger partial charge in [-0.25, -0.2) is 8.42 Å². The van der Waals surface area contributed by atoms with E-state index in [4.69, 9.17) is 16.0 Å². The van der Waals surface area contributed by atoms with Crippen LogP contribution in [0.1, 0.15) is 18.4 Å². The average molecular weight is 307 g/mol. The van der Waals surface area contributed by atoms with Gasteiger partial charge in [0.25, 0.3) is 0 Å². The summed E-state index contributed by atoms with van der Waals surface area (Å²) in [5.74, 6) is 1.07. The highest BCUT2D eigenvalue weighted by atomic mass is 35.5. The van der Waals surface area contributed by atoms with Crippen molar-refractivity contribution < 1.29 is 12.8 Å². The zero-order chi connectivity index (χ0) is 14.2. The maximum atomic E-state index is 12.6. The molecule has 108 valence electrons. The third-order valence-corrected chi connectivity index (χ3v) is 5.83. The van der Waals surface area contributed by atoms with Crippen molar-refractivity contribution in [2.24, 2.45) is 0 Å². The van der Waals surface area contributed by atoms with E-state index in [0.29, 0.717) is 24.6 Å². The number of piperazine rings is 1. The van der Waals surface area contributed by atoms with Gasteiger partial charge >= 0.3 is 0 Å². The number of halogens is 1. The molecule has 1 fully saturated rings. The van der Waals surface area contributed by atoms with Crippen LogP contribution < -0.4 is 0 Å². The summed E-state index contributed by atoms with van der Waals surface area (Å²) in [5, 5.41) is 0. The van der Waals surface area contributed by atoms with Crippen LogP contribution in [0.2, 0.25) is 0 Å². The topological polar surface area (TPSA) is 53.8 Å². The third kappa shape index (κ3) is 2.81. The average Bonchev–Trinajstić information content (AvgIpc) is 2.74. The lowest BCUT2D eigenvalue weighted by Crippen LogP contribution is -2.51. The summed E-state index contributed by atoms with van der Waals surface area (Å²) in [6, 6.07) is 1.74. The molecule has 2 rings (SSSR count). The minimum atomic E-state index is -3.48. The fourth-order valence-electron chi connectivity index (χ4n) is 2.22. The van der Waals surface area contributed by atoms with Gasteiger partial charge in [0.2, 0.25) is 10.0 Å². The van der Waals surface area contributed by atoms with Crippen molar-refractivity contribution in [1.82, 2.24) is 9.21 Å². The van der Waals surface area contributed by atoms with E-state index in [1.807, 2.05) is 14.0 Å². The summed E-state index contributed by atoms with van der Waals surface area (Å²) in [5.41, 5.74) is 0. The van der Waals surface area contributed by atoms with Gasteiger partial charge < -0.3 is 9.32 Å². The molecule has 1 unspecified atom stereocenters. The molecule has 0 amide bonds.